The molecule has 0 radical (unpaired) electrons. The van der Waals surface area contributed by atoms with Gasteiger partial charge < -0.3 is 10.2 Å². The summed E-state index contributed by atoms with van der Waals surface area (Å²) in [6, 6.07) is 4.06. The number of hydrogen-bond donors (Lipinski definition) is 2. The number of benzene rings is 1. The van der Waals surface area contributed by atoms with Crippen LogP contribution in [0.15, 0.2) is 18.2 Å². The molecule has 1 saturated carbocycles. The maximum atomic E-state index is 13.8. The number of rotatable bonds is 5. The Labute approximate surface area is 112 Å². The monoisotopic (exact) mass is 270 g/mol. The third-order valence-electron chi connectivity index (χ3n) is 4.43. The zero-order chi connectivity index (χ0) is 13.9. The van der Waals surface area contributed by atoms with Crippen LogP contribution in [-0.4, -0.2) is 23.4 Å². The van der Waals surface area contributed by atoms with Crippen molar-refractivity contribution in [2.45, 2.75) is 32.1 Å². The number of aliphatic hydroxyl groups is 2. The van der Waals surface area contributed by atoms with Crippen molar-refractivity contribution >= 4 is 0 Å². The molecule has 0 saturated heterocycles. The lowest BCUT2D eigenvalue weighted by Gasteiger charge is -2.36. The summed E-state index contributed by atoms with van der Waals surface area (Å²) in [5.74, 6) is -1.58. The lowest BCUT2D eigenvalue weighted by Crippen LogP contribution is -2.39. The van der Waals surface area contributed by atoms with E-state index in [0.717, 1.165) is 31.7 Å². The van der Waals surface area contributed by atoms with E-state index in [-0.39, 0.29) is 31.1 Å². The highest BCUT2D eigenvalue weighted by Gasteiger charge is 2.40. The van der Waals surface area contributed by atoms with E-state index in [1.165, 1.54) is 12.1 Å². The van der Waals surface area contributed by atoms with Crippen molar-refractivity contribution in [3.8, 4) is 0 Å². The van der Waals surface area contributed by atoms with E-state index in [1.807, 2.05) is 0 Å². The summed E-state index contributed by atoms with van der Waals surface area (Å²) in [5, 5.41) is 19.4. The molecule has 0 aliphatic heterocycles. The fraction of sp³-hybridized carbons (Fsp3) is 0.600. The van der Waals surface area contributed by atoms with Crippen molar-refractivity contribution in [2.24, 2.45) is 11.3 Å². The molecule has 0 amide bonds. The van der Waals surface area contributed by atoms with Gasteiger partial charge in [-0.15, -0.1) is 0 Å². The summed E-state index contributed by atoms with van der Waals surface area (Å²) < 4.78 is 27.0. The molecule has 1 aliphatic carbocycles. The standard InChI is InChI=1S/C15H20F2O2/c16-13-7-3-4-11(14(13)17)8-15(9-18,10-19)12-5-1-2-6-12/h3-4,7,12,18-19H,1-2,5-6,8-10H2. The molecular weight excluding hydrogens is 250 g/mol. The molecule has 4 heteroatoms. The average Bonchev–Trinajstić information content (AvgIpc) is 2.95. The number of hydrogen-bond acceptors (Lipinski definition) is 2. The predicted molar refractivity (Wildman–Crippen MR) is 68.6 cm³/mol. The fourth-order valence-electron chi connectivity index (χ4n) is 3.17. The molecule has 1 aliphatic rings. The molecule has 0 bridgehead atoms. The molecule has 1 fully saturated rings. The van der Waals surface area contributed by atoms with E-state index in [9.17, 15) is 19.0 Å². The second-order valence-electron chi connectivity index (χ2n) is 5.55. The van der Waals surface area contributed by atoms with Crippen LogP contribution < -0.4 is 0 Å². The minimum Gasteiger partial charge on any atom is -0.396 e. The quantitative estimate of drug-likeness (QED) is 0.863. The Morgan fingerprint density at radius 2 is 1.74 bits per heavy atom. The molecule has 2 rings (SSSR count). The first kappa shape index (κ1) is 14.4. The Balaban J connectivity index is 2.27. The van der Waals surface area contributed by atoms with Gasteiger partial charge in [0.25, 0.3) is 0 Å². The molecule has 1 aromatic rings. The van der Waals surface area contributed by atoms with Crippen LogP contribution in [0.2, 0.25) is 0 Å². The van der Waals surface area contributed by atoms with Crippen LogP contribution in [0.1, 0.15) is 31.2 Å². The first-order valence-corrected chi connectivity index (χ1v) is 6.77. The van der Waals surface area contributed by atoms with Crippen LogP contribution >= 0.6 is 0 Å². The maximum Gasteiger partial charge on any atom is 0.162 e. The summed E-state index contributed by atoms with van der Waals surface area (Å²) in [5.41, 5.74) is -0.513. The Kier molecular flexibility index (Phi) is 4.53. The number of halogens is 2. The summed E-state index contributed by atoms with van der Waals surface area (Å²) in [7, 11) is 0. The summed E-state index contributed by atoms with van der Waals surface area (Å²) in [6.07, 6.45) is 4.17. The van der Waals surface area contributed by atoms with Crippen molar-refractivity contribution in [3.63, 3.8) is 0 Å². The highest BCUT2D eigenvalue weighted by Crippen LogP contribution is 2.42. The van der Waals surface area contributed by atoms with Crippen LogP contribution in [0, 0.1) is 23.0 Å². The molecule has 0 aromatic heterocycles. The zero-order valence-corrected chi connectivity index (χ0v) is 10.9. The van der Waals surface area contributed by atoms with Gasteiger partial charge in [0.2, 0.25) is 0 Å². The molecule has 106 valence electrons. The van der Waals surface area contributed by atoms with Gasteiger partial charge in [-0.2, -0.15) is 0 Å². The first-order chi connectivity index (χ1) is 9.13. The van der Waals surface area contributed by atoms with Gasteiger partial charge in [0, 0.05) is 5.41 Å². The lowest BCUT2D eigenvalue weighted by molar-refractivity contribution is 0.00502. The molecular formula is C15H20F2O2. The van der Waals surface area contributed by atoms with Crippen molar-refractivity contribution in [1.29, 1.82) is 0 Å². The molecule has 1 aromatic carbocycles. The van der Waals surface area contributed by atoms with Crippen LogP contribution in [0.3, 0.4) is 0 Å². The summed E-state index contributed by atoms with van der Waals surface area (Å²) in [4.78, 5) is 0. The Morgan fingerprint density at radius 1 is 1.11 bits per heavy atom. The van der Waals surface area contributed by atoms with Crippen molar-refractivity contribution < 1.29 is 19.0 Å². The third kappa shape index (κ3) is 2.79. The maximum absolute atomic E-state index is 13.8. The Morgan fingerprint density at radius 3 is 2.32 bits per heavy atom. The third-order valence-corrected chi connectivity index (χ3v) is 4.43. The van der Waals surface area contributed by atoms with Gasteiger partial charge in [-0.3, -0.25) is 0 Å². The van der Waals surface area contributed by atoms with E-state index in [4.69, 9.17) is 0 Å². The van der Waals surface area contributed by atoms with Crippen LogP contribution in [0.4, 0.5) is 8.78 Å². The molecule has 19 heavy (non-hydrogen) atoms. The van der Waals surface area contributed by atoms with Crippen LogP contribution in [0.25, 0.3) is 0 Å². The average molecular weight is 270 g/mol. The normalized spacial score (nSPS) is 17.1. The highest BCUT2D eigenvalue weighted by atomic mass is 19.2. The molecule has 0 atom stereocenters. The van der Waals surface area contributed by atoms with Gasteiger partial charge in [0.1, 0.15) is 0 Å². The van der Waals surface area contributed by atoms with E-state index >= 15 is 0 Å². The van der Waals surface area contributed by atoms with Crippen LogP contribution in [-0.2, 0) is 6.42 Å². The SMILES string of the molecule is OCC(CO)(Cc1cccc(F)c1F)C1CCCC1. The highest BCUT2D eigenvalue weighted by molar-refractivity contribution is 5.21. The van der Waals surface area contributed by atoms with E-state index in [1.54, 1.807) is 0 Å². The minimum atomic E-state index is -0.881. The van der Waals surface area contributed by atoms with Crippen molar-refractivity contribution in [2.75, 3.05) is 13.2 Å². The summed E-state index contributed by atoms with van der Waals surface area (Å²) >= 11 is 0. The van der Waals surface area contributed by atoms with Gasteiger partial charge in [-0.05, 0) is 36.8 Å². The minimum absolute atomic E-state index is 0.171. The topological polar surface area (TPSA) is 40.5 Å². The molecule has 2 N–H and O–H groups in total. The predicted octanol–water partition coefficient (Wildman–Crippen LogP) is 2.67. The second kappa shape index (κ2) is 5.97. The zero-order valence-electron chi connectivity index (χ0n) is 10.9. The van der Waals surface area contributed by atoms with Gasteiger partial charge in [-0.25, -0.2) is 8.78 Å². The lowest BCUT2D eigenvalue weighted by atomic mass is 9.71. The van der Waals surface area contributed by atoms with Crippen LogP contribution in [0.5, 0.6) is 0 Å². The first-order valence-electron chi connectivity index (χ1n) is 6.77. The largest absolute Gasteiger partial charge is 0.396 e. The van der Waals surface area contributed by atoms with Crippen molar-refractivity contribution in [1.82, 2.24) is 0 Å². The Bertz CT molecular complexity index is 424. The Hall–Kier alpha value is -1.00. The van der Waals surface area contributed by atoms with Gasteiger partial charge in [0.15, 0.2) is 11.6 Å². The molecule has 0 unspecified atom stereocenters. The molecule has 2 nitrogen and oxygen atoms in total. The second-order valence-corrected chi connectivity index (χ2v) is 5.55. The van der Waals surface area contributed by atoms with Gasteiger partial charge >= 0.3 is 0 Å². The summed E-state index contributed by atoms with van der Waals surface area (Å²) in [6.45, 7) is -0.408. The molecule has 0 heterocycles. The van der Waals surface area contributed by atoms with E-state index in [0.29, 0.717) is 0 Å². The van der Waals surface area contributed by atoms with Crippen molar-refractivity contribution in [3.05, 3.63) is 35.4 Å². The fourth-order valence-corrected chi connectivity index (χ4v) is 3.17. The van der Waals surface area contributed by atoms with E-state index in [2.05, 4.69) is 0 Å². The molecule has 0 spiro atoms. The number of aliphatic hydroxyl groups excluding tert-OH is 2. The smallest absolute Gasteiger partial charge is 0.162 e. The van der Waals surface area contributed by atoms with Gasteiger partial charge in [0.05, 0.1) is 13.2 Å². The van der Waals surface area contributed by atoms with E-state index < -0.39 is 17.0 Å². The van der Waals surface area contributed by atoms with Gasteiger partial charge in [-0.1, -0.05) is 25.0 Å².